The summed E-state index contributed by atoms with van der Waals surface area (Å²) in [5, 5.41) is 7.27. The number of aryl methyl sites for hydroxylation is 1. The highest BCUT2D eigenvalue weighted by molar-refractivity contribution is 6.05. The van der Waals surface area contributed by atoms with Gasteiger partial charge in [0.15, 0.2) is 0 Å². The van der Waals surface area contributed by atoms with E-state index in [1.807, 2.05) is 51.9 Å². The molecule has 3 rings (SSSR count). The molecule has 2 amide bonds. The molecule has 0 spiro atoms. The third-order valence-corrected chi connectivity index (χ3v) is 4.98. The second-order valence-electron chi connectivity index (χ2n) is 7.23. The Morgan fingerprint density at radius 2 is 1.96 bits per heavy atom. The molecular formula is C20H27N5O2. The summed E-state index contributed by atoms with van der Waals surface area (Å²) in [6, 6.07) is 9.65. The number of amides is 2. The predicted octanol–water partition coefficient (Wildman–Crippen LogP) is 2.21. The van der Waals surface area contributed by atoms with E-state index in [-0.39, 0.29) is 11.8 Å². The number of likely N-dealkylation sites (N-methyl/N-ethyl adjacent to an activating group) is 1. The number of para-hydroxylation sites is 1. The lowest BCUT2D eigenvalue weighted by Crippen LogP contribution is -2.41. The summed E-state index contributed by atoms with van der Waals surface area (Å²) in [6.45, 7) is 6.29. The van der Waals surface area contributed by atoms with Crippen molar-refractivity contribution in [2.24, 2.45) is 0 Å². The van der Waals surface area contributed by atoms with Gasteiger partial charge in [-0.3, -0.25) is 19.2 Å². The van der Waals surface area contributed by atoms with Crippen LogP contribution in [0.2, 0.25) is 0 Å². The number of nitrogens with zero attached hydrogens (tertiary/aromatic N) is 4. The van der Waals surface area contributed by atoms with Crippen molar-refractivity contribution < 1.29 is 9.59 Å². The lowest BCUT2D eigenvalue weighted by Gasteiger charge is -2.26. The highest BCUT2D eigenvalue weighted by Crippen LogP contribution is 2.18. The van der Waals surface area contributed by atoms with Crippen LogP contribution < -0.4 is 5.32 Å². The summed E-state index contributed by atoms with van der Waals surface area (Å²) < 4.78 is 1.85. The van der Waals surface area contributed by atoms with Crippen molar-refractivity contribution in [3.63, 3.8) is 0 Å². The van der Waals surface area contributed by atoms with Gasteiger partial charge in [0.2, 0.25) is 5.91 Å². The Morgan fingerprint density at radius 1 is 1.22 bits per heavy atom. The Hall–Kier alpha value is -2.67. The Morgan fingerprint density at radius 3 is 2.67 bits per heavy atom. The van der Waals surface area contributed by atoms with E-state index in [4.69, 9.17) is 0 Å². The van der Waals surface area contributed by atoms with Gasteiger partial charge >= 0.3 is 0 Å². The van der Waals surface area contributed by atoms with E-state index < -0.39 is 0 Å². The molecule has 7 heteroatoms. The Balaban J connectivity index is 1.75. The number of carbonyl (C=O) groups excluding carboxylic acids is 2. The van der Waals surface area contributed by atoms with Crippen LogP contribution in [0.5, 0.6) is 0 Å². The summed E-state index contributed by atoms with van der Waals surface area (Å²) in [6.07, 6.45) is 2.42. The van der Waals surface area contributed by atoms with Gasteiger partial charge in [0.25, 0.3) is 5.91 Å². The molecule has 2 aromatic rings. The minimum atomic E-state index is -0.198. The SMILES string of the molecule is CC(C)N(C)CC(=O)N1CCCn2ncc(C(=O)Nc3ccccc3)c2C1. The van der Waals surface area contributed by atoms with Crippen molar-refractivity contribution in [1.82, 2.24) is 19.6 Å². The van der Waals surface area contributed by atoms with Gasteiger partial charge in [-0.05, 0) is 39.4 Å². The number of hydrogen-bond donors (Lipinski definition) is 1. The first-order valence-corrected chi connectivity index (χ1v) is 9.35. The summed E-state index contributed by atoms with van der Waals surface area (Å²) >= 11 is 0. The molecule has 0 unspecified atom stereocenters. The van der Waals surface area contributed by atoms with Gasteiger partial charge < -0.3 is 10.2 Å². The number of fused-ring (bicyclic) bond motifs is 1. The molecule has 0 bridgehead atoms. The Labute approximate surface area is 159 Å². The summed E-state index contributed by atoms with van der Waals surface area (Å²) in [7, 11) is 1.95. The molecule has 1 aliphatic rings. The zero-order valence-electron chi connectivity index (χ0n) is 16.2. The fraction of sp³-hybridized carbons (Fsp3) is 0.450. The molecule has 0 saturated heterocycles. The van der Waals surface area contributed by atoms with Crippen LogP contribution in [0.3, 0.4) is 0 Å². The van der Waals surface area contributed by atoms with Gasteiger partial charge in [0.05, 0.1) is 30.5 Å². The van der Waals surface area contributed by atoms with E-state index in [9.17, 15) is 9.59 Å². The van der Waals surface area contributed by atoms with Gasteiger partial charge in [-0.25, -0.2) is 0 Å². The molecular weight excluding hydrogens is 342 g/mol. The quantitative estimate of drug-likeness (QED) is 0.877. The maximum Gasteiger partial charge on any atom is 0.259 e. The van der Waals surface area contributed by atoms with Crippen molar-refractivity contribution in [1.29, 1.82) is 0 Å². The van der Waals surface area contributed by atoms with Gasteiger partial charge in [-0.15, -0.1) is 0 Å². The molecule has 1 aliphatic heterocycles. The van der Waals surface area contributed by atoms with E-state index in [1.54, 1.807) is 6.20 Å². The van der Waals surface area contributed by atoms with Crippen LogP contribution in [0, 0.1) is 0 Å². The first kappa shape index (κ1) is 19.1. The van der Waals surface area contributed by atoms with Crippen LogP contribution in [0.4, 0.5) is 5.69 Å². The first-order valence-electron chi connectivity index (χ1n) is 9.35. The van der Waals surface area contributed by atoms with E-state index >= 15 is 0 Å². The fourth-order valence-electron chi connectivity index (χ4n) is 3.06. The average Bonchev–Trinajstić information content (AvgIpc) is 2.92. The van der Waals surface area contributed by atoms with E-state index in [2.05, 4.69) is 24.3 Å². The second kappa shape index (κ2) is 8.35. The van der Waals surface area contributed by atoms with Crippen LogP contribution in [0.25, 0.3) is 0 Å². The van der Waals surface area contributed by atoms with Crippen LogP contribution >= 0.6 is 0 Å². The largest absolute Gasteiger partial charge is 0.336 e. The lowest BCUT2D eigenvalue weighted by molar-refractivity contribution is -0.133. The number of rotatable bonds is 5. The summed E-state index contributed by atoms with van der Waals surface area (Å²) in [5.41, 5.74) is 2.06. The normalized spacial score (nSPS) is 14.2. The van der Waals surface area contributed by atoms with E-state index in [0.717, 1.165) is 17.8 Å². The summed E-state index contributed by atoms with van der Waals surface area (Å²) in [5.74, 6) is -0.119. The fourth-order valence-corrected chi connectivity index (χ4v) is 3.06. The van der Waals surface area contributed by atoms with E-state index in [0.29, 0.717) is 37.8 Å². The second-order valence-corrected chi connectivity index (χ2v) is 7.23. The molecule has 1 N–H and O–H groups in total. The smallest absolute Gasteiger partial charge is 0.259 e. The van der Waals surface area contributed by atoms with Crippen LogP contribution in [-0.2, 0) is 17.9 Å². The minimum absolute atomic E-state index is 0.0790. The van der Waals surface area contributed by atoms with Crippen LogP contribution in [0.15, 0.2) is 36.5 Å². The molecule has 7 nitrogen and oxygen atoms in total. The number of anilines is 1. The third kappa shape index (κ3) is 4.54. The van der Waals surface area contributed by atoms with Crippen molar-refractivity contribution in [2.45, 2.75) is 39.4 Å². The predicted molar refractivity (Wildman–Crippen MR) is 104 cm³/mol. The molecule has 144 valence electrons. The number of carbonyl (C=O) groups is 2. The maximum absolute atomic E-state index is 12.7. The lowest BCUT2D eigenvalue weighted by atomic mass is 10.2. The number of benzene rings is 1. The molecule has 1 aromatic carbocycles. The molecule has 0 atom stereocenters. The highest BCUT2D eigenvalue weighted by Gasteiger charge is 2.25. The standard InChI is InChI=1S/C20H27N5O2/c1-15(2)23(3)14-19(26)24-10-7-11-25-18(13-24)17(12-21-25)20(27)22-16-8-5-4-6-9-16/h4-6,8-9,12,15H,7,10-11,13-14H2,1-3H3,(H,22,27). The Bertz CT molecular complexity index is 800. The van der Waals surface area contributed by atoms with Crippen LogP contribution in [-0.4, -0.2) is 57.6 Å². The minimum Gasteiger partial charge on any atom is -0.336 e. The van der Waals surface area contributed by atoms with Crippen molar-refractivity contribution >= 4 is 17.5 Å². The average molecular weight is 369 g/mol. The maximum atomic E-state index is 12.7. The van der Waals surface area contributed by atoms with Crippen molar-refractivity contribution in [2.75, 3.05) is 25.5 Å². The third-order valence-electron chi connectivity index (χ3n) is 4.98. The summed E-state index contributed by atoms with van der Waals surface area (Å²) in [4.78, 5) is 29.3. The molecule has 1 aromatic heterocycles. The monoisotopic (exact) mass is 369 g/mol. The molecule has 2 heterocycles. The molecule has 0 aliphatic carbocycles. The topological polar surface area (TPSA) is 70.5 Å². The van der Waals surface area contributed by atoms with Gasteiger partial charge in [0, 0.05) is 24.8 Å². The highest BCUT2D eigenvalue weighted by atomic mass is 16.2. The molecule has 0 saturated carbocycles. The number of aromatic nitrogens is 2. The van der Waals surface area contributed by atoms with Gasteiger partial charge in [-0.1, -0.05) is 18.2 Å². The van der Waals surface area contributed by atoms with Gasteiger partial charge in [-0.2, -0.15) is 5.10 Å². The zero-order chi connectivity index (χ0) is 19.4. The van der Waals surface area contributed by atoms with Crippen LogP contribution in [0.1, 0.15) is 36.3 Å². The van der Waals surface area contributed by atoms with Gasteiger partial charge in [0.1, 0.15) is 0 Å². The number of hydrogen-bond acceptors (Lipinski definition) is 4. The molecule has 0 radical (unpaired) electrons. The van der Waals surface area contributed by atoms with Crippen molar-refractivity contribution in [3.05, 3.63) is 47.8 Å². The zero-order valence-corrected chi connectivity index (χ0v) is 16.2. The molecule has 0 fully saturated rings. The Kier molecular flexibility index (Phi) is 5.91. The molecule has 27 heavy (non-hydrogen) atoms. The van der Waals surface area contributed by atoms with Crippen molar-refractivity contribution in [3.8, 4) is 0 Å². The first-order chi connectivity index (χ1) is 13.0. The van der Waals surface area contributed by atoms with E-state index in [1.165, 1.54) is 0 Å². The number of nitrogens with one attached hydrogen (secondary N) is 1.